The summed E-state index contributed by atoms with van der Waals surface area (Å²) in [4.78, 5) is 0. The lowest BCUT2D eigenvalue weighted by Crippen LogP contribution is -1.91. The highest BCUT2D eigenvalue weighted by atomic mass is 16.3. The second-order valence-corrected chi connectivity index (χ2v) is 2.97. The number of allylic oxidation sites excluding steroid dienone is 1. The fourth-order valence-electron chi connectivity index (χ4n) is 0.859. The lowest BCUT2D eigenvalue weighted by atomic mass is 10.0. The fraction of sp³-hybridized carbons (Fsp3) is 0.778. The van der Waals surface area contributed by atoms with Crippen LogP contribution in [0.4, 0.5) is 0 Å². The zero-order valence-corrected chi connectivity index (χ0v) is 7.06. The maximum Gasteiger partial charge on any atom is 0.0851 e. The van der Waals surface area contributed by atoms with Crippen LogP contribution in [0, 0.1) is 5.92 Å². The average Bonchev–Trinajstić information content (AvgIpc) is 1.87. The third kappa shape index (κ3) is 5.67. The molecular weight excluding hydrogens is 124 g/mol. The predicted molar refractivity (Wildman–Crippen MR) is 45.1 cm³/mol. The smallest absolute Gasteiger partial charge is 0.0851 e. The van der Waals surface area contributed by atoms with E-state index >= 15 is 0 Å². The quantitative estimate of drug-likeness (QED) is 0.584. The summed E-state index contributed by atoms with van der Waals surface area (Å²) in [7, 11) is 0. The number of aliphatic hydroxyl groups is 1. The molecule has 0 saturated carbocycles. The van der Waals surface area contributed by atoms with Crippen LogP contribution in [0.5, 0.6) is 0 Å². The number of hydrogen-bond donors (Lipinski definition) is 1. The van der Waals surface area contributed by atoms with Gasteiger partial charge in [-0.2, -0.15) is 0 Å². The zero-order valence-electron chi connectivity index (χ0n) is 7.06. The van der Waals surface area contributed by atoms with Crippen LogP contribution in [0.25, 0.3) is 0 Å². The van der Waals surface area contributed by atoms with E-state index in [4.69, 9.17) is 5.11 Å². The highest BCUT2D eigenvalue weighted by molar-refractivity contribution is 4.77. The number of hydrogen-bond acceptors (Lipinski definition) is 1. The highest BCUT2D eigenvalue weighted by Crippen LogP contribution is 2.12. The lowest BCUT2D eigenvalue weighted by Gasteiger charge is -2.06. The molecular formula is C9H18O. The Balaban J connectivity index is 3.11. The molecule has 1 heteroatoms. The molecule has 1 unspecified atom stereocenters. The molecule has 0 radical (unpaired) electrons. The summed E-state index contributed by atoms with van der Waals surface area (Å²) in [5.41, 5.74) is 0. The molecule has 0 spiro atoms. The Labute approximate surface area is 63.8 Å². The molecule has 10 heavy (non-hydrogen) atoms. The number of aliphatic hydroxyl groups excluding tert-OH is 1. The fourth-order valence-corrected chi connectivity index (χ4v) is 0.859. The molecule has 0 saturated heterocycles. The summed E-state index contributed by atoms with van der Waals surface area (Å²) < 4.78 is 0. The van der Waals surface area contributed by atoms with Crippen LogP contribution in [-0.2, 0) is 0 Å². The standard InChI is InChI=1S/C9H18O/c1-4-8(2)6-5-7-9(3)10/h8,10H,3-7H2,1-2H3. The van der Waals surface area contributed by atoms with Gasteiger partial charge in [-0.3, -0.25) is 0 Å². The summed E-state index contributed by atoms with van der Waals surface area (Å²) in [6, 6.07) is 0. The molecule has 0 fully saturated rings. The van der Waals surface area contributed by atoms with Crippen LogP contribution in [0.1, 0.15) is 39.5 Å². The van der Waals surface area contributed by atoms with Gasteiger partial charge < -0.3 is 5.11 Å². The summed E-state index contributed by atoms with van der Waals surface area (Å²) in [6.45, 7) is 7.86. The van der Waals surface area contributed by atoms with E-state index in [0.717, 1.165) is 18.8 Å². The first-order valence-corrected chi connectivity index (χ1v) is 4.03. The van der Waals surface area contributed by atoms with Crippen molar-refractivity contribution in [2.45, 2.75) is 39.5 Å². The van der Waals surface area contributed by atoms with Gasteiger partial charge in [0.2, 0.25) is 0 Å². The largest absolute Gasteiger partial charge is 0.513 e. The normalized spacial score (nSPS) is 13.0. The monoisotopic (exact) mass is 142 g/mol. The van der Waals surface area contributed by atoms with Gasteiger partial charge in [-0.05, 0) is 12.3 Å². The maximum atomic E-state index is 8.74. The molecule has 60 valence electrons. The van der Waals surface area contributed by atoms with Crippen molar-refractivity contribution in [1.82, 2.24) is 0 Å². The van der Waals surface area contributed by atoms with Crippen LogP contribution in [0.2, 0.25) is 0 Å². The molecule has 0 aromatic carbocycles. The predicted octanol–water partition coefficient (Wildman–Crippen LogP) is 3.27. The molecule has 0 aliphatic heterocycles. The summed E-state index contributed by atoms with van der Waals surface area (Å²) in [5.74, 6) is 1.11. The van der Waals surface area contributed by atoms with Crippen LogP contribution in [-0.4, -0.2) is 5.11 Å². The Morgan fingerprint density at radius 3 is 2.60 bits per heavy atom. The van der Waals surface area contributed by atoms with Gasteiger partial charge in [0, 0.05) is 6.42 Å². The topological polar surface area (TPSA) is 20.2 Å². The van der Waals surface area contributed by atoms with Crippen molar-refractivity contribution in [2.75, 3.05) is 0 Å². The van der Waals surface area contributed by atoms with Crippen molar-refractivity contribution in [3.05, 3.63) is 12.3 Å². The van der Waals surface area contributed by atoms with Gasteiger partial charge in [0.05, 0.1) is 5.76 Å². The Morgan fingerprint density at radius 1 is 1.60 bits per heavy atom. The molecule has 0 aliphatic carbocycles. The van der Waals surface area contributed by atoms with Crippen molar-refractivity contribution < 1.29 is 5.11 Å². The van der Waals surface area contributed by atoms with E-state index in [1.54, 1.807) is 0 Å². The van der Waals surface area contributed by atoms with Gasteiger partial charge in [-0.15, -0.1) is 0 Å². The molecule has 0 aromatic heterocycles. The average molecular weight is 142 g/mol. The Morgan fingerprint density at radius 2 is 2.20 bits per heavy atom. The van der Waals surface area contributed by atoms with Crippen LogP contribution in [0.15, 0.2) is 12.3 Å². The first-order valence-electron chi connectivity index (χ1n) is 4.03. The van der Waals surface area contributed by atoms with Crippen LogP contribution < -0.4 is 0 Å². The molecule has 0 aliphatic rings. The first kappa shape index (κ1) is 9.54. The van der Waals surface area contributed by atoms with E-state index < -0.39 is 0 Å². The van der Waals surface area contributed by atoms with E-state index in [2.05, 4.69) is 20.4 Å². The van der Waals surface area contributed by atoms with Gasteiger partial charge >= 0.3 is 0 Å². The molecule has 1 atom stereocenters. The van der Waals surface area contributed by atoms with Crippen molar-refractivity contribution in [3.63, 3.8) is 0 Å². The van der Waals surface area contributed by atoms with E-state index in [0.29, 0.717) is 5.76 Å². The van der Waals surface area contributed by atoms with Gasteiger partial charge in [0.1, 0.15) is 0 Å². The summed E-state index contributed by atoms with van der Waals surface area (Å²) in [5, 5.41) is 8.74. The van der Waals surface area contributed by atoms with Crippen LogP contribution >= 0.6 is 0 Å². The summed E-state index contributed by atoms with van der Waals surface area (Å²) in [6.07, 6.45) is 4.28. The second kappa shape index (κ2) is 5.33. The third-order valence-corrected chi connectivity index (χ3v) is 1.86. The number of rotatable bonds is 5. The Kier molecular flexibility index (Phi) is 5.09. The minimum Gasteiger partial charge on any atom is -0.513 e. The van der Waals surface area contributed by atoms with E-state index in [1.165, 1.54) is 12.8 Å². The van der Waals surface area contributed by atoms with Crippen LogP contribution in [0.3, 0.4) is 0 Å². The minimum atomic E-state index is 0.323. The molecule has 0 bridgehead atoms. The van der Waals surface area contributed by atoms with E-state index in [1.807, 2.05) is 0 Å². The van der Waals surface area contributed by atoms with Gasteiger partial charge in [0.15, 0.2) is 0 Å². The third-order valence-electron chi connectivity index (χ3n) is 1.86. The summed E-state index contributed by atoms with van der Waals surface area (Å²) >= 11 is 0. The highest BCUT2D eigenvalue weighted by Gasteiger charge is 1.97. The molecule has 0 amide bonds. The molecule has 0 heterocycles. The molecule has 1 nitrogen and oxygen atoms in total. The zero-order chi connectivity index (χ0) is 7.98. The lowest BCUT2D eigenvalue weighted by molar-refractivity contribution is 0.374. The van der Waals surface area contributed by atoms with Crippen molar-refractivity contribution >= 4 is 0 Å². The second-order valence-electron chi connectivity index (χ2n) is 2.97. The first-order chi connectivity index (χ1) is 4.66. The van der Waals surface area contributed by atoms with E-state index in [-0.39, 0.29) is 0 Å². The molecule has 0 rings (SSSR count). The van der Waals surface area contributed by atoms with Crippen molar-refractivity contribution in [1.29, 1.82) is 0 Å². The van der Waals surface area contributed by atoms with E-state index in [9.17, 15) is 0 Å². The van der Waals surface area contributed by atoms with Gasteiger partial charge in [-0.1, -0.05) is 33.3 Å². The Hall–Kier alpha value is -0.460. The molecule has 0 aromatic rings. The van der Waals surface area contributed by atoms with Crippen molar-refractivity contribution in [3.8, 4) is 0 Å². The maximum absolute atomic E-state index is 8.74. The minimum absolute atomic E-state index is 0.323. The van der Waals surface area contributed by atoms with Crippen molar-refractivity contribution in [2.24, 2.45) is 5.92 Å². The molecule has 1 N–H and O–H groups in total. The van der Waals surface area contributed by atoms with Gasteiger partial charge in [-0.25, -0.2) is 0 Å². The Bertz CT molecular complexity index is 96.9. The van der Waals surface area contributed by atoms with Gasteiger partial charge in [0.25, 0.3) is 0 Å². The SMILES string of the molecule is C=C(O)CCCC(C)CC.